The molecule has 0 saturated carbocycles. The third kappa shape index (κ3) is 3.28. The van der Waals surface area contributed by atoms with Crippen molar-refractivity contribution in [3.8, 4) is 0 Å². The van der Waals surface area contributed by atoms with E-state index in [-0.39, 0.29) is 6.61 Å². The summed E-state index contributed by atoms with van der Waals surface area (Å²) in [5.74, 6) is 1.36. The molecule has 92 valence electrons. The fourth-order valence-corrected chi connectivity index (χ4v) is 1.60. The number of unbranched alkanes of at least 4 members (excludes halogenated alkanes) is 1. The van der Waals surface area contributed by atoms with Crippen LogP contribution in [0.25, 0.3) is 0 Å². The van der Waals surface area contributed by atoms with Crippen LogP contribution in [-0.4, -0.2) is 21.9 Å². The predicted molar refractivity (Wildman–Crippen MR) is 60.9 cm³/mol. The topological polar surface area (TPSA) is 85.2 Å². The van der Waals surface area contributed by atoms with E-state index in [4.69, 9.17) is 15.4 Å². The lowest BCUT2D eigenvalue weighted by Gasteiger charge is -2.08. The van der Waals surface area contributed by atoms with Crippen molar-refractivity contribution < 1.29 is 9.63 Å². The quantitative estimate of drug-likeness (QED) is 0.741. The summed E-state index contributed by atoms with van der Waals surface area (Å²) in [5, 5.41) is 12.7. The van der Waals surface area contributed by atoms with E-state index >= 15 is 0 Å². The minimum atomic E-state index is -0.541. The molecule has 0 spiro atoms. The van der Waals surface area contributed by atoms with Crippen molar-refractivity contribution >= 4 is 0 Å². The Morgan fingerprint density at radius 2 is 2.19 bits per heavy atom. The van der Waals surface area contributed by atoms with Gasteiger partial charge in [0.1, 0.15) is 0 Å². The Bertz CT molecular complexity index is 301. The summed E-state index contributed by atoms with van der Waals surface area (Å²) in [5.41, 5.74) is 5.61. The average molecular weight is 227 g/mol. The highest BCUT2D eigenvalue weighted by atomic mass is 16.5. The number of rotatable bonds is 7. The molecule has 16 heavy (non-hydrogen) atoms. The van der Waals surface area contributed by atoms with Gasteiger partial charge in [-0.15, -0.1) is 0 Å². The molecule has 0 saturated heterocycles. The Kier molecular flexibility index (Phi) is 5.42. The van der Waals surface area contributed by atoms with Gasteiger partial charge in [0, 0.05) is 5.92 Å². The minimum Gasteiger partial charge on any atom is -0.394 e. The van der Waals surface area contributed by atoms with Gasteiger partial charge in [0.25, 0.3) is 0 Å². The molecule has 3 N–H and O–H groups in total. The lowest BCUT2D eigenvalue weighted by molar-refractivity contribution is 0.259. The van der Waals surface area contributed by atoms with Gasteiger partial charge in [0.15, 0.2) is 5.82 Å². The lowest BCUT2D eigenvalue weighted by atomic mass is 9.99. The molecule has 0 bridgehead atoms. The van der Waals surface area contributed by atoms with Crippen molar-refractivity contribution in [2.45, 2.75) is 51.5 Å². The maximum Gasteiger partial charge on any atom is 0.229 e. The molecule has 1 rings (SSSR count). The molecule has 1 aromatic heterocycles. The molecule has 2 atom stereocenters. The summed E-state index contributed by atoms with van der Waals surface area (Å²) in [6, 6.07) is -0.541. The van der Waals surface area contributed by atoms with Crippen LogP contribution in [-0.2, 0) is 0 Å². The van der Waals surface area contributed by atoms with Crippen molar-refractivity contribution in [1.82, 2.24) is 10.1 Å². The van der Waals surface area contributed by atoms with Gasteiger partial charge in [-0.1, -0.05) is 31.8 Å². The van der Waals surface area contributed by atoms with E-state index in [1.165, 1.54) is 0 Å². The van der Waals surface area contributed by atoms with Crippen LogP contribution < -0.4 is 5.73 Å². The number of nitrogens with two attached hydrogens (primary N) is 1. The van der Waals surface area contributed by atoms with Crippen LogP contribution in [0.5, 0.6) is 0 Å². The number of aliphatic hydroxyl groups is 1. The molecule has 0 aliphatic heterocycles. The van der Waals surface area contributed by atoms with Gasteiger partial charge in [-0.2, -0.15) is 4.98 Å². The molecule has 1 aromatic rings. The van der Waals surface area contributed by atoms with Gasteiger partial charge in [-0.25, -0.2) is 0 Å². The van der Waals surface area contributed by atoms with Crippen LogP contribution in [0.3, 0.4) is 0 Å². The number of hydrogen-bond donors (Lipinski definition) is 2. The fourth-order valence-electron chi connectivity index (χ4n) is 1.60. The molecule has 5 heteroatoms. The summed E-state index contributed by atoms with van der Waals surface area (Å²) >= 11 is 0. The molecule has 0 radical (unpaired) electrons. The Balaban J connectivity index is 2.66. The van der Waals surface area contributed by atoms with E-state index < -0.39 is 6.04 Å². The molecule has 0 aliphatic rings. The van der Waals surface area contributed by atoms with E-state index in [1.54, 1.807) is 0 Å². The predicted octanol–water partition coefficient (Wildman–Crippen LogP) is 1.75. The zero-order valence-corrected chi connectivity index (χ0v) is 10.0. The molecule has 0 fully saturated rings. The molecule has 0 amide bonds. The second kappa shape index (κ2) is 6.60. The highest BCUT2D eigenvalue weighted by Crippen LogP contribution is 2.24. The van der Waals surface area contributed by atoms with Crippen molar-refractivity contribution in [1.29, 1.82) is 0 Å². The van der Waals surface area contributed by atoms with Crippen molar-refractivity contribution in [3.63, 3.8) is 0 Å². The molecule has 2 unspecified atom stereocenters. The van der Waals surface area contributed by atoms with Gasteiger partial charge in [0.05, 0.1) is 12.6 Å². The zero-order chi connectivity index (χ0) is 12.0. The highest BCUT2D eigenvalue weighted by molar-refractivity contribution is 4.97. The highest BCUT2D eigenvalue weighted by Gasteiger charge is 2.19. The number of nitrogens with zero attached hydrogens (tertiary/aromatic N) is 2. The monoisotopic (exact) mass is 227 g/mol. The Morgan fingerprint density at radius 1 is 1.44 bits per heavy atom. The molecule has 5 nitrogen and oxygen atoms in total. The van der Waals surface area contributed by atoms with Gasteiger partial charge >= 0.3 is 0 Å². The van der Waals surface area contributed by atoms with Gasteiger partial charge < -0.3 is 15.4 Å². The third-order valence-electron chi connectivity index (χ3n) is 2.73. The summed E-state index contributed by atoms with van der Waals surface area (Å²) < 4.78 is 5.19. The van der Waals surface area contributed by atoms with Crippen LogP contribution in [0.1, 0.15) is 63.2 Å². The molecular weight excluding hydrogens is 206 g/mol. The molecule has 0 aromatic carbocycles. The van der Waals surface area contributed by atoms with Gasteiger partial charge in [-0.05, 0) is 12.8 Å². The van der Waals surface area contributed by atoms with Crippen molar-refractivity contribution in [2.24, 2.45) is 5.73 Å². The second-order valence-electron chi connectivity index (χ2n) is 4.03. The fraction of sp³-hybridized carbons (Fsp3) is 0.818. The third-order valence-corrected chi connectivity index (χ3v) is 2.73. The van der Waals surface area contributed by atoms with E-state index in [0.29, 0.717) is 17.6 Å². The first-order valence-electron chi connectivity index (χ1n) is 5.92. The molecular formula is C11H21N3O2. The number of hydrogen-bond acceptors (Lipinski definition) is 5. The Labute approximate surface area is 96.0 Å². The Morgan fingerprint density at radius 3 is 2.75 bits per heavy atom. The zero-order valence-electron chi connectivity index (χ0n) is 10.0. The molecule has 1 heterocycles. The summed E-state index contributed by atoms with van der Waals surface area (Å²) in [6.45, 7) is 4.11. The van der Waals surface area contributed by atoms with Crippen LogP contribution in [0.4, 0.5) is 0 Å². The van der Waals surface area contributed by atoms with Crippen molar-refractivity contribution in [2.75, 3.05) is 6.61 Å². The smallest absolute Gasteiger partial charge is 0.229 e. The Hall–Kier alpha value is -0.940. The van der Waals surface area contributed by atoms with E-state index in [1.807, 2.05) is 0 Å². The number of aliphatic hydroxyl groups excluding tert-OH is 1. The normalized spacial score (nSPS) is 15.0. The minimum absolute atomic E-state index is 0.162. The van der Waals surface area contributed by atoms with Gasteiger partial charge in [-0.3, -0.25) is 0 Å². The average Bonchev–Trinajstić information content (AvgIpc) is 2.78. The molecule has 0 aliphatic carbocycles. The standard InChI is InChI=1S/C11H21N3O2/c1-3-5-6-8(4-2)11-13-10(14-16-11)9(12)7-15/h8-9,15H,3-7,12H2,1-2H3. The maximum absolute atomic E-state index is 8.89. The summed E-state index contributed by atoms with van der Waals surface area (Å²) in [4.78, 5) is 4.24. The lowest BCUT2D eigenvalue weighted by Crippen LogP contribution is -2.16. The second-order valence-corrected chi connectivity index (χ2v) is 4.03. The van der Waals surface area contributed by atoms with E-state index in [9.17, 15) is 0 Å². The maximum atomic E-state index is 8.89. The summed E-state index contributed by atoms with van der Waals surface area (Å²) in [7, 11) is 0. The SMILES string of the molecule is CCCCC(CC)c1nc(C(N)CO)no1. The first kappa shape index (κ1) is 13.1. The summed E-state index contributed by atoms with van der Waals surface area (Å²) in [6.07, 6.45) is 4.36. The first-order chi connectivity index (χ1) is 7.72. The van der Waals surface area contributed by atoms with Crippen LogP contribution in [0.2, 0.25) is 0 Å². The van der Waals surface area contributed by atoms with Gasteiger partial charge in [0.2, 0.25) is 5.89 Å². The van der Waals surface area contributed by atoms with E-state index in [2.05, 4.69) is 24.0 Å². The van der Waals surface area contributed by atoms with E-state index in [0.717, 1.165) is 25.7 Å². The first-order valence-corrected chi connectivity index (χ1v) is 5.92. The van der Waals surface area contributed by atoms with Crippen LogP contribution in [0.15, 0.2) is 4.52 Å². The van der Waals surface area contributed by atoms with Crippen LogP contribution >= 0.6 is 0 Å². The van der Waals surface area contributed by atoms with Crippen LogP contribution in [0, 0.1) is 0 Å². The van der Waals surface area contributed by atoms with Crippen molar-refractivity contribution in [3.05, 3.63) is 11.7 Å². The largest absolute Gasteiger partial charge is 0.394 e. The number of aromatic nitrogens is 2.